The average molecular weight is 325 g/mol. The van der Waals surface area contributed by atoms with Crippen molar-refractivity contribution in [3.63, 3.8) is 0 Å². The first-order chi connectivity index (χ1) is 11.5. The molecule has 1 aliphatic rings. The van der Waals surface area contributed by atoms with Gasteiger partial charge in [0.1, 0.15) is 0 Å². The zero-order valence-corrected chi connectivity index (χ0v) is 14.1. The Morgan fingerprint density at radius 2 is 1.96 bits per heavy atom. The fourth-order valence-corrected chi connectivity index (χ4v) is 3.03. The van der Waals surface area contributed by atoms with Crippen LogP contribution in [-0.4, -0.2) is 11.0 Å². The number of aryl methyl sites for hydroxylation is 2. The quantitative estimate of drug-likeness (QED) is 0.791. The van der Waals surface area contributed by atoms with Crippen molar-refractivity contribution in [1.29, 1.82) is 0 Å². The van der Waals surface area contributed by atoms with Crippen LogP contribution in [0, 0.1) is 19.8 Å². The second kappa shape index (κ2) is 6.91. The number of aromatic nitrogens is 1. The number of rotatable bonds is 5. The zero-order chi connectivity index (χ0) is 17.1. The Kier molecular flexibility index (Phi) is 4.69. The fraction of sp³-hybridized carbons (Fsp3) is 0.368. The van der Waals surface area contributed by atoms with Crippen LogP contribution in [-0.2, 0) is 6.54 Å². The van der Waals surface area contributed by atoms with Gasteiger partial charge in [0.05, 0.1) is 12.6 Å². The van der Waals surface area contributed by atoms with Crippen molar-refractivity contribution in [1.82, 2.24) is 15.6 Å². The van der Waals surface area contributed by atoms with Gasteiger partial charge in [0.15, 0.2) is 0 Å². The van der Waals surface area contributed by atoms with Crippen LogP contribution >= 0.6 is 0 Å². The van der Waals surface area contributed by atoms with Gasteiger partial charge >= 0.3 is 6.03 Å². The standard InChI is InChI=1S/C19H23N3O2/c1-12-10-13(2)21-18(23)16(12)11-20-19(24)22-17(15-8-9-15)14-6-4-3-5-7-14/h3-7,10,15,17H,8-9,11H2,1-2H3,(H,21,23)(H2,20,22,24)/t17-/m0/s1. The summed E-state index contributed by atoms with van der Waals surface area (Å²) in [4.78, 5) is 27.1. The van der Waals surface area contributed by atoms with E-state index in [1.165, 1.54) is 0 Å². The maximum atomic E-state index is 12.3. The Balaban J connectivity index is 1.64. The van der Waals surface area contributed by atoms with E-state index in [-0.39, 0.29) is 24.2 Å². The van der Waals surface area contributed by atoms with Gasteiger partial charge in [-0.25, -0.2) is 4.79 Å². The van der Waals surface area contributed by atoms with Gasteiger partial charge in [-0.15, -0.1) is 0 Å². The van der Waals surface area contributed by atoms with Crippen molar-refractivity contribution in [2.24, 2.45) is 5.92 Å². The molecule has 0 aliphatic heterocycles. The molecule has 0 radical (unpaired) electrons. The molecule has 1 saturated carbocycles. The molecule has 3 rings (SSSR count). The van der Waals surface area contributed by atoms with Crippen molar-refractivity contribution in [2.75, 3.05) is 0 Å². The average Bonchev–Trinajstić information content (AvgIpc) is 3.37. The molecule has 1 fully saturated rings. The van der Waals surface area contributed by atoms with Gasteiger partial charge < -0.3 is 15.6 Å². The maximum Gasteiger partial charge on any atom is 0.315 e. The van der Waals surface area contributed by atoms with E-state index >= 15 is 0 Å². The van der Waals surface area contributed by atoms with Gasteiger partial charge in [-0.1, -0.05) is 30.3 Å². The second-order valence-corrected chi connectivity index (χ2v) is 6.50. The first-order valence-electron chi connectivity index (χ1n) is 8.33. The summed E-state index contributed by atoms with van der Waals surface area (Å²) in [7, 11) is 0. The van der Waals surface area contributed by atoms with Gasteiger partial charge in [0, 0.05) is 11.3 Å². The summed E-state index contributed by atoms with van der Waals surface area (Å²) in [6.45, 7) is 3.95. The minimum atomic E-state index is -0.241. The first kappa shape index (κ1) is 16.3. The molecule has 1 aromatic heterocycles. The number of hydrogen-bond acceptors (Lipinski definition) is 2. The topological polar surface area (TPSA) is 74.0 Å². The third kappa shape index (κ3) is 3.85. The van der Waals surface area contributed by atoms with E-state index in [1.807, 2.05) is 50.2 Å². The number of benzene rings is 1. The highest BCUT2D eigenvalue weighted by Gasteiger charge is 2.33. The number of pyridine rings is 1. The molecule has 3 N–H and O–H groups in total. The number of nitrogens with one attached hydrogen (secondary N) is 3. The van der Waals surface area contributed by atoms with Gasteiger partial charge in [0.25, 0.3) is 5.56 Å². The lowest BCUT2D eigenvalue weighted by molar-refractivity contribution is 0.235. The summed E-state index contributed by atoms with van der Waals surface area (Å²) >= 11 is 0. The number of hydrogen-bond donors (Lipinski definition) is 3. The molecule has 0 saturated heterocycles. The highest BCUT2D eigenvalue weighted by molar-refractivity contribution is 5.74. The number of aromatic amines is 1. The Bertz CT molecular complexity index is 779. The van der Waals surface area contributed by atoms with Gasteiger partial charge in [-0.2, -0.15) is 0 Å². The van der Waals surface area contributed by atoms with Crippen LogP contribution in [0.15, 0.2) is 41.2 Å². The molecule has 0 bridgehead atoms. The SMILES string of the molecule is Cc1cc(C)c(CNC(=O)N[C@@H](c2ccccc2)C2CC2)c(=O)[nH]1. The Labute approximate surface area is 141 Å². The maximum absolute atomic E-state index is 12.3. The van der Waals surface area contributed by atoms with Crippen LogP contribution < -0.4 is 16.2 Å². The van der Waals surface area contributed by atoms with Gasteiger partial charge in [-0.05, 0) is 49.8 Å². The summed E-state index contributed by atoms with van der Waals surface area (Å²) in [5, 5.41) is 5.87. The molecule has 1 heterocycles. The van der Waals surface area contributed by atoms with E-state index in [9.17, 15) is 9.59 Å². The number of amides is 2. The van der Waals surface area contributed by atoms with Crippen molar-refractivity contribution < 1.29 is 4.79 Å². The van der Waals surface area contributed by atoms with E-state index in [4.69, 9.17) is 0 Å². The summed E-state index contributed by atoms with van der Waals surface area (Å²) in [6.07, 6.45) is 2.27. The molecule has 0 unspecified atom stereocenters. The predicted octanol–water partition coefficient (Wildman–Crippen LogP) is 2.94. The molecular formula is C19H23N3O2. The zero-order valence-electron chi connectivity index (χ0n) is 14.1. The molecule has 126 valence electrons. The minimum Gasteiger partial charge on any atom is -0.334 e. The number of urea groups is 1. The van der Waals surface area contributed by atoms with E-state index in [0.29, 0.717) is 11.5 Å². The lowest BCUT2D eigenvalue weighted by atomic mass is 10.0. The molecule has 24 heavy (non-hydrogen) atoms. The first-order valence-corrected chi connectivity index (χ1v) is 8.33. The Morgan fingerprint density at radius 3 is 2.58 bits per heavy atom. The van der Waals surface area contributed by atoms with E-state index in [0.717, 1.165) is 29.7 Å². The van der Waals surface area contributed by atoms with Crippen LogP contribution in [0.25, 0.3) is 0 Å². The highest BCUT2D eigenvalue weighted by Crippen LogP contribution is 2.40. The Hall–Kier alpha value is -2.56. The molecule has 0 spiro atoms. The van der Waals surface area contributed by atoms with E-state index in [1.54, 1.807) is 0 Å². The number of carbonyl (C=O) groups excluding carboxylic acids is 1. The molecule has 2 aromatic rings. The smallest absolute Gasteiger partial charge is 0.315 e. The molecule has 5 heteroatoms. The molecule has 2 amide bonds. The van der Waals surface area contributed by atoms with Crippen molar-refractivity contribution in [2.45, 2.75) is 39.3 Å². The van der Waals surface area contributed by atoms with Crippen LogP contribution in [0.5, 0.6) is 0 Å². The van der Waals surface area contributed by atoms with Crippen molar-refractivity contribution >= 4 is 6.03 Å². The van der Waals surface area contributed by atoms with Gasteiger partial charge in [-0.3, -0.25) is 4.79 Å². The van der Waals surface area contributed by atoms with Crippen LogP contribution in [0.1, 0.15) is 41.3 Å². The summed E-state index contributed by atoms with van der Waals surface area (Å²) in [6, 6.07) is 11.7. The van der Waals surface area contributed by atoms with E-state index < -0.39 is 0 Å². The normalized spacial score (nSPS) is 14.9. The van der Waals surface area contributed by atoms with Crippen molar-refractivity contribution in [3.05, 3.63) is 69.1 Å². The van der Waals surface area contributed by atoms with Crippen LogP contribution in [0.2, 0.25) is 0 Å². The lowest BCUT2D eigenvalue weighted by Gasteiger charge is -2.19. The number of H-pyrrole nitrogens is 1. The van der Waals surface area contributed by atoms with Crippen LogP contribution in [0.4, 0.5) is 4.79 Å². The predicted molar refractivity (Wildman–Crippen MR) is 93.8 cm³/mol. The minimum absolute atomic E-state index is 0.0311. The molecule has 1 atom stereocenters. The van der Waals surface area contributed by atoms with Crippen molar-refractivity contribution in [3.8, 4) is 0 Å². The largest absolute Gasteiger partial charge is 0.334 e. The van der Waals surface area contributed by atoms with E-state index in [2.05, 4.69) is 15.6 Å². The summed E-state index contributed by atoms with van der Waals surface area (Å²) in [5.74, 6) is 0.502. The van der Waals surface area contributed by atoms with Gasteiger partial charge in [0.2, 0.25) is 0 Å². The summed E-state index contributed by atoms with van der Waals surface area (Å²) < 4.78 is 0. The third-order valence-electron chi connectivity index (χ3n) is 4.46. The third-order valence-corrected chi connectivity index (χ3v) is 4.46. The second-order valence-electron chi connectivity index (χ2n) is 6.50. The fourth-order valence-electron chi connectivity index (χ4n) is 3.03. The number of carbonyl (C=O) groups is 1. The molecule has 1 aromatic carbocycles. The summed E-state index contributed by atoms with van der Waals surface area (Å²) in [5.41, 5.74) is 3.29. The highest BCUT2D eigenvalue weighted by atomic mass is 16.2. The Morgan fingerprint density at radius 1 is 1.25 bits per heavy atom. The molecular weight excluding hydrogens is 302 g/mol. The monoisotopic (exact) mass is 325 g/mol. The molecule has 1 aliphatic carbocycles. The lowest BCUT2D eigenvalue weighted by Crippen LogP contribution is -2.39. The van der Waals surface area contributed by atoms with Crippen LogP contribution in [0.3, 0.4) is 0 Å². The molecule has 5 nitrogen and oxygen atoms in total.